The summed E-state index contributed by atoms with van der Waals surface area (Å²) < 4.78 is 0.948. The van der Waals surface area contributed by atoms with Crippen molar-refractivity contribution in [2.24, 2.45) is 0 Å². The van der Waals surface area contributed by atoms with Gasteiger partial charge in [-0.1, -0.05) is 12.1 Å². The second-order valence-corrected chi connectivity index (χ2v) is 4.96. The molecule has 0 atom stereocenters. The van der Waals surface area contributed by atoms with E-state index in [0.29, 0.717) is 5.69 Å². The van der Waals surface area contributed by atoms with Gasteiger partial charge in [0.15, 0.2) is 0 Å². The van der Waals surface area contributed by atoms with Gasteiger partial charge in [0, 0.05) is 15.8 Å². The van der Waals surface area contributed by atoms with Crippen LogP contribution in [0.25, 0.3) is 0 Å². The Morgan fingerprint density at radius 1 is 1.32 bits per heavy atom. The maximum absolute atomic E-state index is 11.0. The van der Waals surface area contributed by atoms with E-state index >= 15 is 0 Å². The number of hydrogen-bond acceptors (Lipinski definition) is 3. The predicted octanol–water partition coefficient (Wildman–Crippen LogP) is 3.78. The summed E-state index contributed by atoms with van der Waals surface area (Å²) >= 11 is 3.50. The fourth-order valence-electron chi connectivity index (χ4n) is 1.72. The number of nitrogens with two attached hydrogens (primary N) is 1. The lowest BCUT2D eigenvalue weighted by atomic mass is 10.1. The minimum atomic E-state index is -1.04. The Hall–Kier alpha value is -2.01. The molecule has 0 radical (unpaired) electrons. The first kappa shape index (κ1) is 13.4. The van der Waals surface area contributed by atoms with Crippen molar-refractivity contribution in [1.29, 1.82) is 0 Å². The van der Waals surface area contributed by atoms with E-state index in [1.807, 2.05) is 25.1 Å². The number of nitrogen functional groups attached to an aromatic ring is 1. The standard InChI is InChI=1S/C14H13BrN2O2/c1-8-3-2-4-12(13(8)15)17-9-5-6-11(16)10(7-9)14(18)19/h2-7,17H,16H2,1H3,(H,18,19). The van der Waals surface area contributed by atoms with Crippen LogP contribution in [0.1, 0.15) is 15.9 Å². The van der Waals surface area contributed by atoms with Crippen LogP contribution in [0.3, 0.4) is 0 Å². The molecule has 2 aromatic rings. The molecular formula is C14H13BrN2O2. The summed E-state index contributed by atoms with van der Waals surface area (Å²) in [5, 5.41) is 12.2. The summed E-state index contributed by atoms with van der Waals surface area (Å²) in [5.74, 6) is -1.04. The molecule has 0 aliphatic carbocycles. The maximum Gasteiger partial charge on any atom is 0.337 e. The number of halogens is 1. The molecule has 0 spiro atoms. The molecule has 0 bridgehead atoms. The van der Waals surface area contributed by atoms with Gasteiger partial charge < -0.3 is 16.2 Å². The molecular weight excluding hydrogens is 308 g/mol. The third-order valence-electron chi connectivity index (χ3n) is 2.75. The maximum atomic E-state index is 11.0. The summed E-state index contributed by atoms with van der Waals surface area (Å²) in [7, 11) is 0. The van der Waals surface area contributed by atoms with Crippen LogP contribution in [-0.2, 0) is 0 Å². The van der Waals surface area contributed by atoms with Crippen LogP contribution in [-0.4, -0.2) is 11.1 Å². The number of anilines is 3. The molecule has 19 heavy (non-hydrogen) atoms. The summed E-state index contributed by atoms with van der Waals surface area (Å²) in [4.78, 5) is 11.0. The third-order valence-corrected chi connectivity index (χ3v) is 3.81. The second-order valence-electron chi connectivity index (χ2n) is 4.17. The van der Waals surface area contributed by atoms with Crippen LogP contribution in [0.5, 0.6) is 0 Å². The van der Waals surface area contributed by atoms with Crippen molar-refractivity contribution in [2.75, 3.05) is 11.1 Å². The van der Waals surface area contributed by atoms with E-state index in [-0.39, 0.29) is 11.3 Å². The normalized spacial score (nSPS) is 10.2. The van der Waals surface area contributed by atoms with Gasteiger partial charge in [0.2, 0.25) is 0 Å². The van der Waals surface area contributed by atoms with E-state index in [9.17, 15) is 4.79 Å². The van der Waals surface area contributed by atoms with Gasteiger partial charge >= 0.3 is 5.97 Å². The monoisotopic (exact) mass is 320 g/mol. The Balaban J connectivity index is 2.36. The molecule has 2 rings (SSSR count). The first-order chi connectivity index (χ1) is 8.99. The Morgan fingerprint density at radius 2 is 2.05 bits per heavy atom. The number of rotatable bonds is 3. The van der Waals surface area contributed by atoms with Crippen molar-refractivity contribution in [1.82, 2.24) is 0 Å². The van der Waals surface area contributed by atoms with Crippen molar-refractivity contribution >= 4 is 39.0 Å². The number of carboxylic acids is 1. The molecule has 0 aliphatic heterocycles. The zero-order chi connectivity index (χ0) is 14.0. The minimum Gasteiger partial charge on any atom is -0.478 e. The highest BCUT2D eigenvalue weighted by atomic mass is 79.9. The fourth-order valence-corrected chi connectivity index (χ4v) is 2.08. The lowest BCUT2D eigenvalue weighted by Gasteiger charge is -2.11. The lowest BCUT2D eigenvalue weighted by Crippen LogP contribution is -2.03. The van der Waals surface area contributed by atoms with Gasteiger partial charge in [0.25, 0.3) is 0 Å². The highest BCUT2D eigenvalue weighted by Crippen LogP contribution is 2.29. The SMILES string of the molecule is Cc1cccc(Nc2ccc(N)c(C(=O)O)c2)c1Br. The molecule has 0 heterocycles. The van der Waals surface area contributed by atoms with Crippen LogP contribution in [0.2, 0.25) is 0 Å². The van der Waals surface area contributed by atoms with Gasteiger partial charge in [-0.15, -0.1) is 0 Å². The summed E-state index contributed by atoms with van der Waals surface area (Å²) in [6, 6.07) is 10.7. The van der Waals surface area contributed by atoms with Crippen LogP contribution >= 0.6 is 15.9 Å². The third kappa shape index (κ3) is 2.88. The average molecular weight is 321 g/mol. The number of carbonyl (C=O) groups is 1. The highest BCUT2D eigenvalue weighted by Gasteiger charge is 2.09. The predicted molar refractivity (Wildman–Crippen MR) is 80.0 cm³/mol. The van der Waals surface area contributed by atoms with Crippen molar-refractivity contribution in [3.05, 3.63) is 52.0 Å². The van der Waals surface area contributed by atoms with Crippen molar-refractivity contribution in [3.8, 4) is 0 Å². The van der Waals surface area contributed by atoms with Crippen LogP contribution in [0.15, 0.2) is 40.9 Å². The summed E-state index contributed by atoms with van der Waals surface area (Å²) in [6.07, 6.45) is 0. The average Bonchev–Trinajstić information content (AvgIpc) is 2.37. The zero-order valence-electron chi connectivity index (χ0n) is 10.3. The molecule has 0 aromatic heterocycles. The molecule has 4 N–H and O–H groups in total. The first-order valence-corrected chi connectivity index (χ1v) is 6.43. The molecule has 0 unspecified atom stereocenters. The Kier molecular flexibility index (Phi) is 3.76. The van der Waals surface area contributed by atoms with Gasteiger partial charge in [-0.05, 0) is 52.7 Å². The minimum absolute atomic E-state index is 0.0915. The van der Waals surface area contributed by atoms with Crippen LogP contribution < -0.4 is 11.1 Å². The quantitative estimate of drug-likeness (QED) is 0.752. The molecule has 0 saturated heterocycles. The fraction of sp³-hybridized carbons (Fsp3) is 0.0714. The van der Waals surface area contributed by atoms with Gasteiger partial charge in [-0.3, -0.25) is 0 Å². The number of carboxylic acid groups (broad SMARTS) is 1. The molecule has 98 valence electrons. The van der Waals surface area contributed by atoms with E-state index in [4.69, 9.17) is 10.8 Å². The van der Waals surface area contributed by atoms with Crippen LogP contribution in [0.4, 0.5) is 17.1 Å². The summed E-state index contributed by atoms with van der Waals surface area (Å²) in [5.41, 5.74) is 8.61. The van der Waals surface area contributed by atoms with E-state index < -0.39 is 5.97 Å². The Labute approximate surface area is 119 Å². The van der Waals surface area contributed by atoms with Crippen LogP contribution in [0, 0.1) is 6.92 Å². The number of benzene rings is 2. The molecule has 4 nitrogen and oxygen atoms in total. The molecule has 0 aliphatic rings. The molecule has 2 aromatic carbocycles. The molecule has 0 fully saturated rings. The first-order valence-electron chi connectivity index (χ1n) is 5.64. The molecule has 5 heteroatoms. The molecule has 0 amide bonds. The number of hydrogen-bond donors (Lipinski definition) is 3. The van der Waals surface area contributed by atoms with E-state index in [2.05, 4.69) is 21.2 Å². The summed E-state index contributed by atoms with van der Waals surface area (Å²) in [6.45, 7) is 1.99. The second kappa shape index (κ2) is 5.32. The van der Waals surface area contributed by atoms with Gasteiger partial charge in [0.05, 0.1) is 11.3 Å². The number of nitrogens with one attached hydrogen (secondary N) is 1. The topological polar surface area (TPSA) is 75.3 Å². The smallest absolute Gasteiger partial charge is 0.337 e. The van der Waals surface area contributed by atoms with E-state index in [0.717, 1.165) is 15.7 Å². The Bertz CT molecular complexity index is 641. The van der Waals surface area contributed by atoms with Crippen molar-refractivity contribution in [2.45, 2.75) is 6.92 Å². The zero-order valence-corrected chi connectivity index (χ0v) is 11.9. The van der Waals surface area contributed by atoms with Crippen molar-refractivity contribution < 1.29 is 9.90 Å². The van der Waals surface area contributed by atoms with Gasteiger partial charge in [-0.2, -0.15) is 0 Å². The largest absolute Gasteiger partial charge is 0.478 e. The highest BCUT2D eigenvalue weighted by molar-refractivity contribution is 9.10. The van der Waals surface area contributed by atoms with Gasteiger partial charge in [0.1, 0.15) is 0 Å². The van der Waals surface area contributed by atoms with E-state index in [1.54, 1.807) is 12.1 Å². The van der Waals surface area contributed by atoms with Crippen molar-refractivity contribution in [3.63, 3.8) is 0 Å². The molecule has 0 saturated carbocycles. The lowest BCUT2D eigenvalue weighted by molar-refractivity contribution is 0.0698. The van der Waals surface area contributed by atoms with Gasteiger partial charge in [-0.25, -0.2) is 4.79 Å². The van der Waals surface area contributed by atoms with E-state index in [1.165, 1.54) is 6.07 Å². The number of aromatic carboxylic acids is 1. The number of aryl methyl sites for hydroxylation is 1. The Morgan fingerprint density at radius 3 is 2.74 bits per heavy atom.